The Morgan fingerprint density at radius 2 is 1.14 bits per heavy atom. The maximum absolute atomic E-state index is 16.1. The molecule has 5 heterocycles. The Bertz CT molecular complexity index is 1710. The van der Waals surface area contributed by atoms with Gasteiger partial charge in [0.1, 0.15) is 48.2 Å². The molecule has 1 saturated heterocycles. The Morgan fingerprint density at radius 3 is 1.55 bits per heavy atom. The molecule has 7 rings (SSSR count). The number of fused-ring (bicyclic) bond motifs is 4. The van der Waals surface area contributed by atoms with E-state index in [1.807, 2.05) is 0 Å². The summed E-state index contributed by atoms with van der Waals surface area (Å²) in [5, 5.41) is 0. The van der Waals surface area contributed by atoms with Gasteiger partial charge in [0.2, 0.25) is 0 Å². The number of imidazole rings is 2. The minimum atomic E-state index is -4.23. The van der Waals surface area contributed by atoms with Gasteiger partial charge in [-0.05, 0) is 12.8 Å². The summed E-state index contributed by atoms with van der Waals surface area (Å²) in [6, 6.07) is -1.82. The van der Waals surface area contributed by atoms with Crippen LogP contribution in [0.4, 0.5) is 20.4 Å². The summed E-state index contributed by atoms with van der Waals surface area (Å²) < 4.78 is 84.5. The maximum atomic E-state index is 16.1. The van der Waals surface area contributed by atoms with E-state index in [1.54, 1.807) is 0 Å². The number of rotatable bonds is 2. The molecule has 4 aromatic heterocycles. The second kappa shape index (κ2) is 11.1. The van der Waals surface area contributed by atoms with Crippen molar-refractivity contribution in [1.29, 1.82) is 0 Å². The SMILES string of the molecule is Nc1ncnc2c1ncn2[C@@H]1C[C@@H]2COP(=O)(S)OC3[C@@H](COP(=O)(S)O[C@@H]2[C@@H]1F)C[C@@H](n1cnc2c(N)ncnc21)[C@H]3F. The van der Waals surface area contributed by atoms with Gasteiger partial charge in [-0.3, -0.25) is 9.05 Å². The highest BCUT2D eigenvalue weighted by Crippen LogP contribution is 2.62. The Balaban J connectivity index is 1.17. The van der Waals surface area contributed by atoms with Gasteiger partial charge < -0.3 is 29.6 Å². The van der Waals surface area contributed by atoms with Crippen LogP contribution in [0.3, 0.4) is 0 Å². The van der Waals surface area contributed by atoms with Crippen molar-refractivity contribution in [2.75, 3.05) is 24.7 Å². The minimum absolute atomic E-state index is 0.0569. The Kier molecular flexibility index (Phi) is 7.64. The summed E-state index contributed by atoms with van der Waals surface area (Å²) in [4.78, 5) is 24.5. The molecular formula is C22H26F2N10O6P2S2. The van der Waals surface area contributed by atoms with Crippen LogP contribution in [0.2, 0.25) is 0 Å². The zero-order valence-electron chi connectivity index (χ0n) is 22.5. The second-order valence-corrected chi connectivity index (χ2v) is 16.6. The van der Waals surface area contributed by atoms with E-state index in [-0.39, 0.29) is 60.0 Å². The van der Waals surface area contributed by atoms with E-state index in [0.717, 1.165) is 0 Å². The van der Waals surface area contributed by atoms with E-state index in [9.17, 15) is 9.13 Å². The van der Waals surface area contributed by atoms with E-state index in [4.69, 9.17) is 29.6 Å². The molecule has 3 unspecified atom stereocenters. The van der Waals surface area contributed by atoms with E-state index in [1.165, 1.54) is 34.4 Å². The molecule has 3 fully saturated rings. The first-order chi connectivity index (χ1) is 20.9. The lowest BCUT2D eigenvalue weighted by Crippen LogP contribution is -2.32. The van der Waals surface area contributed by atoms with E-state index >= 15 is 8.78 Å². The molecule has 2 aliphatic carbocycles. The van der Waals surface area contributed by atoms with Crippen LogP contribution in [0.15, 0.2) is 25.3 Å². The predicted octanol–water partition coefficient (Wildman–Crippen LogP) is 3.52. The van der Waals surface area contributed by atoms with Crippen molar-refractivity contribution in [1.82, 2.24) is 39.0 Å². The third-order valence-corrected chi connectivity index (χ3v) is 11.5. The predicted molar refractivity (Wildman–Crippen MR) is 158 cm³/mol. The Morgan fingerprint density at radius 1 is 0.727 bits per heavy atom. The van der Waals surface area contributed by atoms with E-state index in [0.29, 0.717) is 0 Å². The highest BCUT2D eigenvalue weighted by Gasteiger charge is 2.53. The van der Waals surface area contributed by atoms with Crippen molar-refractivity contribution in [2.24, 2.45) is 11.8 Å². The summed E-state index contributed by atoms with van der Waals surface area (Å²) in [6.45, 7) is -9.23. The number of alkyl halides is 2. The lowest BCUT2D eigenvalue weighted by atomic mass is 10.1. The van der Waals surface area contributed by atoms with Gasteiger partial charge in [-0.2, -0.15) is 0 Å². The van der Waals surface area contributed by atoms with Crippen LogP contribution < -0.4 is 11.5 Å². The lowest BCUT2D eigenvalue weighted by molar-refractivity contribution is 0.0182. The van der Waals surface area contributed by atoms with Gasteiger partial charge in [-0.25, -0.2) is 47.8 Å². The standard InChI is InChI=1S/C22H26F2N10O6P2S2/c23-13-11(33-7-31-15-19(25)27-5-29-21(15)33)1-9-3-37-41(35,43)40-18-10(4-38-42(36,44)39-17(9)13)2-12(14(18)24)34-8-32-16-20(26)28-6-30-22(16)34/h5-14,17-18H,1-4H2,(H,35,43)(H,36,44)(H2,25,27,29)(H2,26,28,30)/t9-,10-,11-,12-,13-,14-,17+,18?,41?,42?/m1/s1. The summed E-state index contributed by atoms with van der Waals surface area (Å²) in [5.41, 5.74) is 12.9. The highest BCUT2D eigenvalue weighted by molar-refractivity contribution is 8.44. The molecular weight excluding hydrogens is 664 g/mol. The van der Waals surface area contributed by atoms with Crippen molar-refractivity contribution < 1.29 is 36.0 Å². The number of hydrogen-bond donors (Lipinski definition) is 4. The summed E-state index contributed by atoms with van der Waals surface area (Å²) in [5.74, 6) is -1.41. The molecule has 16 nitrogen and oxygen atoms in total. The first-order valence-corrected chi connectivity index (χ1v) is 18.8. The van der Waals surface area contributed by atoms with Gasteiger partial charge in [-0.1, -0.05) is 24.5 Å². The maximum Gasteiger partial charge on any atom is 0.386 e. The molecule has 2 saturated carbocycles. The van der Waals surface area contributed by atoms with Gasteiger partial charge in [-0.15, -0.1) is 0 Å². The molecule has 236 valence electrons. The second-order valence-electron chi connectivity index (χ2n) is 10.8. The number of nitrogens with zero attached hydrogens (tertiary/aromatic N) is 8. The quantitative estimate of drug-likeness (QED) is 0.175. The van der Waals surface area contributed by atoms with Crippen LogP contribution >= 0.6 is 38.1 Å². The number of thiol groups is 2. The smallest absolute Gasteiger partial charge is 0.382 e. The first-order valence-electron chi connectivity index (χ1n) is 13.4. The number of nitrogens with two attached hydrogens (primary N) is 2. The zero-order chi connectivity index (χ0) is 31.0. The molecule has 4 N–H and O–H groups in total. The zero-order valence-corrected chi connectivity index (χ0v) is 26.1. The number of aromatic nitrogens is 8. The molecule has 0 spiro atoms. The van der Waals surface area contributed by atoms with Gasteiger partial charge in [0, 0.05) is 11.8 Å². The van der Waals surface area contributed by atoms with Gasteiger partial charge >= 0.3 is 13.6 Å². The van der Waals surface area contributed by atoms with E-state index < -0.39 is 62.1 Å². The number of anilines is 2. The van der Waals surface area contributed by atoms with Crippen LogP contribution in [-0.4, -0.2) is 76.8 Å². The molecule has 1 aliphatic heterocycles. The fourth-order valence-electron chi connectivity index (χ4n) is 6.23. The number of hydrogen-bond acceptors (Lipinski definition) is 14. The highest BCUT2D eigenvalue weighted by atomic mass is 32.7. The molecule has 0 aromatic carbocycles. The fourth-order valence-corrected chi connectivity index (χ4v) is 9.36. The molecule has 0 amide bonds. The largest absolute Gasteiger partial charge is 0.386 e. The van der Waals surface area contributed by atoms with Crippen LogP contribution in [0.25, 0.3) is 22.3 Å². The third-order valence-electron chi connectivity index (χ3n) is 8.28. The molecule has 10 atom stereocenters. The molecule has 22 heteroatoms. The molecule has 0 bridgehead atoms. The van der Waals surface area contributed by atoms with Crippen LogP contribution in [0.1, 0.15) is 24.9 Å². The fraction of sp³-hybridized carbons (Fsp3) is 0.545. The Labute approximate surface area is 258 Å². The monoisotopic (exact) mass is 690 g/mol. The molecule has 44 heavy (non-hydrogen) atoms. The van der Waals surface area contributed by atoms with Gasteiger partial charge in [0.25, 0.3) is 0 Å². The number of halogens is 2. The van der Waals surface area contributed by atoms with Crippen molar-refractivity contribution in [3.8, 4) is 0 Å². The van der Waals surface area contributed by atoms with Gasteiger partial charge in [0.15, 0.2) is 22.9 Å². The van der Waals surface area contributed by atoms with Crippen molar-refractivity contribution in [3.63, 3.8) is 0 Å². The minimum Gasteiger partial charge on any atom is -0.382 e. The third kappa shape index (κ3) is 5.28. The lowest BCUT2D eigenvalue weighted by Gasteiger charge is -2.29. The molecule has 3 aliphatic rings. The Hall–Kier alpha value is -2.44. The summed E-state index contributed by atoms with van der Waals surface area (Å²) in [7, 11) is 0. The van der Waals surface area contributed by atoms with E-state index in [2.05, 4.69) is 54.4 Å². The average molecular weight is 691 g/mol. The van der Waals surface area contributed by atoms with Crippen molar-refractivity contribution >= 4 is 72.1 Å². The normalized spacial score (nSPS) is 38.3. The summed E-state index contributed by atoms with van der Waals surface area (Å²) >= 11 is 8.21. The van der Waals surface area contributed by atoms with Crippen LogP contribution in [0, 0.1) is 11.8 Å². The molecule has 4 aromatic rings. The summed E-state index contributed by atoms with van der Waals surface area (Å²) in [6.07, 6.45) is -0.967. The first kappa shape index (κ1) is 30.2. The van der Waals surface area contributed by atoms with Crippen molar-refractivity contribution in [3.05, 3.63) is 25.3 Å². The van der Waals surface area contributed by atoms with Crippen molar-refractivity contribution in [2.45, 2.75) is 49.5 Å². The molecule has 0 radical (unpaired) electrons. The van der Waals surface area contributed by atoms with Gasteiger partial charge in [0.05, 0.1) is 38.0 Å². The number of nitrogen functional groups attached to an aromatic ring is 2. The van der Waals surface area contributed by atoms with Crippen LogP contribution in [-0.2, 0) is 27.2 Å². The topological polar surface area (TPSA) is 210 Å². The average Bonchev–Trinajstić information content (AvgIpc) is 3.73. The van der Waals surface area contributed by atoms with Crippen LogP contribution in [0.5, 0.6) is 0 Å².